The predicted molar refractivity (Wildman–Crippen MR) is 106 cm³/mol. The highest BCUT2D eigenvalue weighted by molar-refractivity contribution is 5.68. The molecular weight excluding hydrogens is 320 g/mol. The average Bonchev–Trinajstić information content (AvgIpc) is 3.05. The van der Waals surface area contributed by atoms with Gasteiger partial charge in [-0.1, -0.05) is 60.7 Å². The van der Waals surface area contributed by atoms with Gasteiger partial charge in [-0.2, -0.15) is 5.10 Å². The number of aromatic amines is 1. The Labute approximate surface area is 155 Å². The summed E-state index contributed by atoms with van der Waals surface area (Å²) in [5.41, 5.74) is 6.21. The van der Waals surface area contributed by atoms with Crippen molar-refractivity contribution in [1.29, 1.82) is 0 Å². The first-order chi connectivity index (χ1) is 12.8. The van der Waals surface area contributed by atoms with Crippen LogP contribution >= 0.6 is 0 Å². The number of nitrogens with one attached hydrogen (secondary N) is 1. The fraction of sp³-hybridized carbons (Fsp3) is 0.318. The molecule has 1 aliphatic heterocycles. The smallest absolute Gasteiger partial charge is 0.0843 e. The first-order valence-electron chi connectivity index (χ1n) is 9.37. The molecule has 0 unspecified atom stereocenters. The molecule has 0 saturated carbocycles. The van der Waals surface area contributed by atoms with Gasteiger partial charge < -0.3 is 0 Å². The van der Waals surface area contributed by atoms with Gasteiger partial charge in [0.1, 0.15) is 0 Å². The molecule has 0 bridgehead atoms. The molecular formula is C22H26N4. The Kier molecular flexibility index (Phi) is 5.14. The number of rotatable bonds is 5. The van der Waals surface area contributed by atoms with Gasteiger partial charge in [0.05, 0.1) is 5.69 Å². The van der Waals surface area contributed by atoms with E-state index >= 15 is 0 Å². The number of hydrogen-bond donors (Lipinski definition) is 1. The Morgan fingerprint density at radius 1 is 0.808 bits per heavy atom. The molecule has 3 aromatic rings. The van der Waals surface area contributed by atoms with Crippen LogP contribution in [0.3, 0.4) is 0 Å². The van der Waals surface area contributed by atoms with E-state index in [1.165, 1.54) is 16.7 Å². The number of benzene rings is 2. The van der Waals surface area contributed by atoms with Crippen LogP contribution in [0.25, 0.3) is 11.1 Å². The van der Waals surface area contributed by atoms with Crippen molar-refractivity contribution in [2.45, 2.75) is 20.0 Å². The average molecular weight is 346 g/mol. The quantitative estimate of drug-likeness (QED) is 0.765. The summed E-state index contributed by atoms with van der Waals surface area (Å²) in [5, 5.41) is 7.77. The van der Waals surface area contributed by atoms with E-state index in [2.05, 4.69) is 87.6 Å². The summed E-state index contributed by atoms with van der Waals surface area (Å²) in [6.45, 7) is 8.47. The van der Waals surface area contributed by atoms with E-state index in [4.69, 9.17) is 0 Å². The lowest BCUT2D eigenvalue weighted by molar-refractivity contribution is 0.121. The number of aromatic nitrogens is 2. The summed E-state index contributed by atoms with van der Waals surface area (Å²) < 4.78 is 0. The highest BCUT2D eigenvalue weighted by atomic mass is 15.3. The maximum Gasteiger partial charge on any atom is 0.0843 e. The molecule has 4 nitrogen and oxygen atoms in total. The fourth-order valence-electron chi connectivity index (χ4n) is 3.74. The summed E-state index contributed by atoms with van der Waals surface area (Å²) in [7, 11) is 0. The highest BCUT2D eigenvalue weighted by Gasteiger charge is 2.20. The van der Waals surface area contributed by atoms with Gasteiger partial charge in [0.25, 0.3) is 0 Å². The second-order valence-corrected chi connectivity index (χ2v) is 7.07. The van der Waals surface area contributed by atoms with Crippen LogP contribution in [-0.2, 0) is 13.1 Å². The standard InChI is InChI=1S/C22H26N4/c1-18-22(20-10-6-3-7-11-20)21(24-23-18)17-26-14-12-25(13-15-26)16-19-8-4-2-5-9-19/h2-11H,12-17H2,1H3,(H,23,24). The van der Waals surface area contributed by atoms with Crippen LogP contribution in [0.15, 0.2) is 60.7 Å². The van der Waals surface area contributed by atoms with Crippen LogP contribution in [0.5, 0.6) is 0 Å². The third-order valence-corrected chi connectivity index (χ3v) is 5.17. The number of aryl methyl sites for hydroxylation is 1. The van der Waals surface area contributed by atoms with Crippen molar-refractivity contribution in [3.05, 3.63) is 77.6 Å². The second-order valence-electron chi connectivity index (χ2n) is 7.07. The maximum atomic E-state index is 4.59. The molecule has 134 valence electrons. The minimum Gasteiger partial charge on any atom is -0.297 e. The molecule has 1 aromatic heterocycles. The molecule has 0 spiro atoms. The van der Waals surface area contributed by atoms with E-state index < -0.39 is 0 Å². The van der Waals surface area contributed by atoms with E-state index in [0.29, 0.717) is 0 Å². The first kappa shape index (κ1) is 17.0. The van der Waals surface area contributed by atoms with Crippen molar-refractivity contribution in [3.8, 4) is 11.1 Å². The molecule has 0 atom stereocenters. The SMILES string of the molecule is Cc1[nH]nc(CN2CCN(Cc3ccccc3)CC2)c1-c1ccccc1. The zero-order valence-electron chi connectivity index (χ0n) is 15.4. The minimum atomic E-state index is 0.910. The molecule has 2 aromatic carbocycles. The molecule has 4 rings (SSSR count). The van der Waals surface area contributed by atoms with E-state index in [9.17, 15) is 0 Å². The van der Waals surface area contributed by atoms with E-state index in [-0.39, 0.29) is 0 Å². The van der Waals surface area contributed by atoms with Gasteiger partial charge in [-0.05, 0) is 18.1 Å². The lowest BCUT2D eigenvalue weighted by Gasteiger charge is -2.34. The molecule has 1 saturated heterocycles. The third kappa shape index (κ3) is 3.87. The highest BCUT2D eigenvalue weighted by Crippen LogP contribution is 2.26. The molecule has 2 heterocycles. The summed E-state index contributed by atoms with van der Waals surface area (Å²) in [4.78, 5) is 5.06. The molecule has 0 amide bonds. The zero-order valence-corrected chi connectivity index (χ0v) is 15.4. The van der Waals surface area contributed by atoms with Crippen LogP contribution in [0, 0.1) is 6.92 Å². The fourth-order valence-corrected chi connectivity index (χ4v) is 3.74. The molecule has 1 N–H and O–H groups in total. The Hall–Kier alpha value is -2.43. The van der Waals surface area contributed by atoms with Crippen molar-refractivity contribution in [2.75, 3.05) is 26.2 Å². The van der Waals surface area contributed by atoms with Crippen LogP contribution in [-0.4, -0.2) is 46.2 Å². The first-order valence-corrected chi connectivity index (χ1v) is 9.37. The zero-order chi connectivity index (χ0) is 17.8. The summed E-state index contributed by atoms with van der Waals surface area (Å²) >= 11 is 0. The van der Waals surface area contributed by atoms with Crippen LogP contribution in [0.2, 0.25) is 0 Å². The van der Waals surface area contributed by atoms with E-state index in [0.717, 1.165) is 50.7 Å². The van der Waals surface area contributed by atoms with Crippen molar-refractivity contribution in [2.24, 2.45) is 0 Å². The Balaban J connectivity index is 1.38. The van der Waals surface area contributed by atoms with Gasteiger partial charge >= 0.3 is 0 Å². The molecule has 1 aliphatic rings. The third-order valence-electron chi connectivity index (χ3n) is 5.17. The normalized spacial score (nSPS) is 16.0. The largest absolute Gasteiger partial charge is 0.297 e. The molecule has 26 heavy (non-hydrogen) atoms. The van der Waals surface area contributed by atoms with Gasteiger partial charge in [-0.15, -0.1) is 0 Å². The lowest BCUT2D eigenvalue weighted by atomic mass is 10.0. The van der Waals surface area contributed by atoms with Crippen LogP contribution in [0.4, 0.5) is 0 Å². The second kappa shape index (κ2) is 7.85. The van der Waals surface area contributed by atoms with Gasteiger partial charge in [-0.3, -0.25) is 14.9 Å². The van der Waals surface area contributed by atoms with Crippen molar-refractivity contribution >= 4 is 0 Å². The number of nitrogens with zero attached hydrogens (tertiary/aromatic N) is 3. The molecule has 4 heteroatoms. The van der Waals surface area contributed by atoms with Crippen molar-refractivity contribution in [1.82, 2.24) is 20.0 Å². The van der Waals surface area contributed by atoms with Crippen molar-refractivity contribution in [3.63, 3.8) is 0 Å². The van der Waals surface area contributed by atoms with Gasteiger partial charge in [0, 0.05) is 50.5 Å². The van der Waals surface area contributed by atoms with Crippen LogP contribution in [0.1, 0.15) is 17.0 Å². The van der Waals surface area contributed by atoms with Gasteiger partial charge in [0.15, 0.2) is 0 Å². The van der Waals surface area contributed by atoms with E-state index in [1.54, 1.807) is 0 Å². The van der Waals surface area contributed by atoms with Crippen molar-refractivity contribution < 1.29 is 0 Å². The van der Waals surface area contributed by atoms with Gasteiger partial charge in [0.2, 0.25) is 0 Å². The molecule has 0 radical (unpaired) electrons. The number of piperazine rings is 1. The summed E-state index contributed by atoms with van der Waals surface area (Å²) in [6, 6.07) is 21.3. The Morgan fingerprint density at radius 3 is 2.04 bits per heavy atom. The maximum absolute atomic E-state index is 4.59. The molecule has 0 aliphatic carbocycles. The summed E-state index contributed by atoms with van der Waals surface area (Å²) in [5.74, 6) is 0. The Morgan fingerprint density at radius 2 is 1.38 bits per heavy atom. The monoisotopic (exact) mass is 346 g/mol. The summed E-state index contributed by atoms with van der Waals surface area (Å²) in [6.07, 6.45) is 0. The number of hydrogen-bond acceptors (Lipinski definition) is 3. The topological polar surface area (TPSA) is 35.2 Å². The predicted octanol–water partition coefficient (Wildman–Crippen LogP) is 3.70. The minimum absolute atomic E-state index is 0.910. The van der Waals surface area contributed by atoms with E-state index in [1.807, 2.05) is 0 Å². The number of H-pyrrole nitrogens is 1. The van der Waals surface area contributed by atoms with Gasteiger partial charge in [-0.25, -0.2) is 0 Å². The lowest BCUT2D eigenvalue weighted by Crippen LogP contribution is -2.45. The Bertz CT molecular complexity index is 818. The van der Waals surface area contributed by atoms with Crippen LogP contribution < -0.4 is 0 Å². The molecule has 1 fully saturated rings.